The van der Waals surface area contributed by atoms with Crippen molar-refractivity contribution in [1.29, 1.82) is 0 Å². The standard InChI is InChI=1S/C24H27FN6O4S/c25-19-14-17(1-3-18(19)21(32)33)31(27)23(28-26)36-24(6-7-24)22(34)30-8-5-15-13-16(2-4-20(15)30)29-9-11-35-12-10-29/h1-4,13-14H,5-12,26-27H2,(H,32,33)/b28-23+. The lowest BCUT2D eigenvalue weighted by Gasteiger charge is -2.29. The molecule has 2 heterocycles. The number of ether oxygens (including phenoxy) is 1. The van der Waals surface area contributed by atoms with Gasteiger partial charge in [-0.3, -0.25) is 9.80 Å². The van der Waals surface area contributed by atoms with Crippen molar-refractivity contribution in [3.05, 3.63) is 53.3 Å². The second-order valence-electron chi connectivity index (χ2n) is 8.97. The van der Waals surface area contributed by atoms with Gasteiger partial charge in [-0.2, -0.15) is 5.10 Å². The Hall–Kier alpha value is -3.35. The van der Waals surface area contributed by atoms with Gasteiger partial charge in [-0.05, 0) is 61.2 Å². The first-order valence-electron chi connectivity index (χ1n) is 11.6. The van der Waals surface area contributed by atoms with Gasteiger partial charge in [0.2, 0.25) is 11.1 Å². The summed E-state index contributed by atoms with van der Waals surface area (Å²) in [5, 5.41) is 14.0. The third-order valence-corrected chi connectivity index (χ3v) is 8.20. The van der Waals surface area contributed by atoms with Crippen molar-refractivity contribution < 1.29 is 23.8 Å². The number of morpholine rings is 1. The van der Waals surface area contributed by atoms with E-state index in [1.54, 1.807) is 0 Å². The summed E-state index contributed by atoms with van der Waals surface area (Å²) >= 11 is 1.15. The fourth-order valence-electron chi connectivity index (χ4n) is 4.59. The number of carbonyl (C=O) groups excluding carboxylic acids is 1. The quantitative estimate of drug-likeness (QED) is 0.237. The Morgan fingerprint density at radius 1 is 1.14 bits per heavy atom. The summed E-state index contributed by atoms with van der Waals surface area (Å²) in [6, 6.07) is 9.69. The molecule has 10 nitrogen and oxygen atoms in total. The van der Waals surface area contributed by atoms with Crippen molar-refractivity contribution >= 4 is 45.9 Å². The van der Waals surface area contributed by atoms with Crippen LogP contribution in [0, 0.1) is 5.82 Å². The average Bonchev–Trinajstić information content (AvgIpc) is 3.56. The molecule has 0 unspecified atom stereocenters. The largest absolute Gasteiger partial charge is 0.478 e. The number of carboxylic acid groups (broad SMARTS) is 1. The van der Waals surface area contributed by atoms with E-state index >= 15 is 0 Å². The number of anilines is 3. The number of thioether (sulfide) groups is 1. The molecule has 3 aliphatic rings. The fraction of sp³-hybridized carbons (Fsp3) is 0.375. The van der Waals surface area contributed by atoms with Crippen LogP contribution in [0.2, 0.25) is 0 Å². The Labute approximate surface area is 211 Å². The van der Waals surface area contributed by atoms with Crippen molar-refractivity contribution in [3.63, 3.8) is 0 Å². The molecule has 5 rings (SSSR count). The van der Waals surface area contributed by atoms with Crippen LogP contribution in [-0.2, 0) is 16.0 Å². The van der Waals surface area contributed by atoms with Gasteiger partial charge in [0.05, 0.1) is 24.5 Å². The van der Waals surface area contributed by atoms with Gasteiger partial charge in [-0.1, -0.05) is 11.8 Å². The molecule has 5 N–H and O–H groups in total. The molecule has 0 radical (unpaired) electrons. The maximum atomic E-state index is 14.2. The minimum Gasteiger partial charge on any atom is -0.478 e. The van der Waals surface area contributed by atoms with Gasteiger partial charge in [-0.15, -0.1) is 0 Å². The number of hydrazone groups is 1. The Bertz CT molecular complexity index is 1230. The monoisotopic (exact) mass is 514 g/mol. The zero-order valence-electron chi connectivity index (χ0n) is 19.5. The van der Waals surface area contributed by atoms with Crippen LogP contribution in [0.15, 0.2) is 41.5 Å². The number of aromatic carboxylic acids is 1. The summed E-state index contributed by atoms with van der Waals surface area (Å²) in [5.74, 6) is 9.40. The molecule has 1 saturated carbocycles. The minimum atomic E-state index is -1.38. The molecular weight excluding hydrogens is 487 g/mol. The molecule has 0 spiro atoms. The topological polar surface area (TPSA) is 138 Å². The Morgan fingerprint density at radius 3 is 2.53 bits per heavy atom. The summed E-state index contributed by atoms with van der Waals surface area (Å²) < 4.78 is 18.9. The molecule has 1 amide bonds. The number of rotatable bonds is 5. The molecule has 1 saturated heterocycles. The van der Waals surface area contributed by atoms with E-state index in [4.69, 9.17) is 21.5 Å². The lowest BCUT2D eigenvalue weighted by molar-refractivity contribution is -0.118. The van der Waals surface area contributed by atoms with E-state index in [0.29, 0.717) is 32.6 Å². The molecule has 2 fully saturated rings. The highest BCUT2D eigenvalue weighted by molar-refractivity contribution is 8.16. The summed E-state index contributed by atoms with van der Waals surface area (Å²) in [7, 11) is 0. The van der Waals surface area contributed by atoms with Crippen LogP contribution >= 0.6 is 11.8 Å². The van der Waals surface area contributed by atoms with Crippen LogP contribution in [0.25, 0.3) is 0 Å². The first-order valence-corrected chi connectivity index (χ1v) is 12.5. The van der Waals surface area contributed by atoms with Crippen molar-refractivity contribution in [2.24, 2.45) is 16.8 Å². The van der Waals surface area contributed by atoms with Crippen LogP contribution in [0.1, 0.15) is 28.8 Å². The number of hydrogen-bond donors (Lipinski definition) is 3. The molecule has 2 aliphatic heterocycles. The van der Waals surface area contributed by atoms with Crippen molar-refractivity contribution in [1.82, 2.24) is 0 Å². The van der Waals surface area contributed by atoms with Crippen LogP contribution < -0.4 is 26.5 Å². The van der Waals surface area contributed by atoms with E-state index in [1.165, 1.54) is 6.07 Å². The number of hydrogen-bond acceptors (Lipinski definition) is 8. The van der Waals surface area contributed by atoms with Crippen LogP contribution in [0.4, 0.5) is 21.5 Å². The number of nitrogens with two attached hydrogens (primary N) is 2. The molecule has 36 heavy (non-hydrogen) atoms. The number of benzene rings is 2. The molecule has 12 heteroatoms. The highest BCUT2D eigenvalue weighted by atomic mass is 32.2. The molecule has 0 aromatic heterocycles. The van der Waals surface area contributed by atoms with E-state index < -0.39 is 22.1 Å². The molecular formula is C24H27FN6O4S. The summed E-state index contributed by atoms with van der Waals surface area (Å²) in [5.41, 5.74) is 2.88. The van der Waals surface area contributed by atoms with E-state index in [9.17, 15) is 14.0 Å². The summed E-state index contributed by atoms with van der Waals surface area (Å²) in [4.78, 5) is 28.9. The smallest absolute Gasteiger partial charge is 0.338 e. The number of carboxylic acids is 1. The van der Waals surface area contributed by atoms with Crippen LogP contribution in [0.3, 0.4) is 0 Å². The van der Waals surface area contributed by atoms with Crippen molar-refractivity contribution in [3.8, 4) is 0 Å². The third kappa shape index (κ3) is 4.47. The number of halogens is 1. The molecule has 2 aromatic rings. The number of amidine groups is 1. The molecule has 190 valence electrons. The molecule has 0 atom stereocenters. The van der Waals surface area contributed by atoms with Gasteiger partial charge < -0.3 is 25.5 Å². The van der Waals surface area contributed by atoms with Crippen LogP contribution in [-0.4, -0.2) is 59.7 Å². The Morgan fingerprint density at radius 2 is 1.89 bits per heavy atom. The SMILES string of the molecule is N/N=C(/SC1(C(=O)N2CCc3cc(N4CCOCC4)ccc32)CC1)N(N)c1ccc(C(=O)O)c(F)c1. The summed E-state index contributed by atoms with van der Waals surface area (Å²) in [6.07, 6.45) is 2.04. The minimum absolute atomic E-state index is 0.0349. The second-order valence-corrected chi connectivity index (χ2v) is 10.3. The highest BCUT2D eigenvalue weighted by Gasteiger charge is 2.55. The Balaban J connectivity index is 1.31. The predicted octanol–water partition coefficient (Wildman–Crippen LogP) is 2.13. The molecule has 1 aliphatic carbocycles. The molecule has 2 aromatic carbocycles. The van der Waals surface area contributed by atoms with Crippen molar-refractivity contribution in [2.45, 2.75) is 24.0 Å². The van der Waals surface area contributed by atoms with Gasteiger partial charge in [0.1, 0.15) is 10.6 Å². The second kappa shape index (κ2) is 9.60. The first-order chi connectivity index (χ1) is 17.3. The Kier molecular flexibility index (Phi) is 6.49. The third-order valence-electron chi connectivity index (χ3n) is 6.74. The van der Waals surface area contributed by atoms with Gasteiger partial charge >= 0.3 is 5.97 Å². The lowest BCUT2D eigenvalue weighted by atomic mass is 10.1. The predicted molar refractivity (Wildman–Crippen MR) is 137 cm³/mol. The number of nitrogens with zero attached hydrogens (tertiary/aromatic N) is 4. The molecule has 0 bridgehead atoms. The van der Waals surface area contributed by atoms with Gasteiger partial charge in [-0.25, -0.2) is 15.0 Å². The number of fused-ring (bicyclic) bond motifs is 1. The zero-order chi connectivity index (χ0) is 25.4. The summed E-state index contributed by atoms with van der Waals surface area (Å²) in [6.45, 7) is 3.70. The van der Waals surface area contributed by atoms with E-state index in [-0.39, 0.29) is 16.8 Å². The van der Waals surface area contributed by atoms with Crippen molar-refractivity contribution in [2.75, 3.05) is 47.7 Å². The fourth-order valence-corrected chi connectivity index (χ4v) is 5.70. The van der Waals surface area contributed by atoms with E-state index in [2.05, 4.69) is 16.1 Å². The first kappa shape index (κ1) is 24.3. The van der Waals surface area contributed by atoms with E-state index in [1.807, 2.05) is 17.0 Å². The maximum Gasteiger partial charge on any atom is 0.338 e. The maximum absolute atomic E-state index is 14.2. The number of amides is 1. The normalized spacial score (nSPS) is 18.7. The van der Waals surface area contributed by atoms with Crippen LogP contribution in [0.5, 0.6) is 0 Å². The number of carbonyl (C=O) groups is 2. The van der Waals surface area contributed by atoms with Gasteiger partial charge in [0.25, 0.3) is 0 Å². The zero-order valence-corrected chi connectivity index (χ0v) is 20.3. The van der Waals surface area contributed by atoms with E-state index in [0.717, 1.165) is 65.4 Å². The average molecular weight is 515 g/mol. The van der Waals surface area contributed by atoms with Gasteiger partial charge in [0, 0.05) is 31.0 Å². The number of hydrazine groups is 1. The van der Waals surface area contributed by atoms with Gasteiger partial charge in [0.15, 0.2) is 0 Å². The highest BCUT2D eigenvalue weighted by Crippen LogP contribution is 2.52. The lowest BCUT2D eigenvalue weighted by Crippen LogP contribution is -2.43.